The van der Waals surface area contributed by atoms with E-state index in [9.17, 15) is 4.79 Å². The summed E-state index contributed by atoms with van der Waals surface area (Å²) in [4.78, 5) is 14.9. The molecule has 0 aromatic rings. The zero-order valence-electron chi connectivity index (χ0n) is 12.7. The molecule has 3 nitrogen and oxygen atoms in total. The molecule has 1 unspecified atom stereocenters. The molecule has 0 saturated carbocycles. The Balaban J connectivity index is 1.91. The van der Waals surface area contributed by atoms with Crippen molar-refractivity contribution in [1.29, 1.82) is 0 Å². The number of piperidine rings is 2. The van der Waals surface area contributed by atoms with Crippen molar-refractivity contribution in [1.82, 2.24) is 10.2 Å². The average Bonchev–Trinajstić information content (AvgIpc) is 2.45. The lowest BCUT2D eigenvalue weighted by Crippen LogP contribution is -2.48. The summed E-state index contributed by atoms with van der Waals surface area (Å²) in [5.74, 6) is 1.49. The van der Waals surface area contributed by atoms with Crippen LogP contribution < -0.4 is 5.32 Å². The third-order valence-electron chi connectivity index (χ3n) is 4.68. The van der Waals surface area contributed by atoms with Gasteiger partial charge in [0.05, 0.1) is 0 Å². The summed E-state index contributed by atoms with van der Waals surface area (Å²) in [5.41, 5.74) is 0. The number of amides is 1. The van der Waals surface area contributed by atoms with Crippen LogP contribution in [0.3, 0.4) is 0 Å². The van der Waals surface area contributed by atoms with Gasteiger partial charge in [-0.05, 0) is 64.0 Å². The van der Waals surface area contributed by atoms with Gasteiger partial charge in [-0.15, -0.1) is 0 Å². The van der Waals surface area contributed by atoms with E-state index in [0.29, 0.717) is 17.9 Å². The molecule has 19 heavy (non-hydrogen) atoms. The van der Waals surface area contributed by atoms with Crippen LogP contribution in [0.1, 0.15) is 58.8 Å². The molecular formula is C16H30N2O. The summed E-state index contributed by atoms with van der Waals surface area (Å²) in [6, 6.07) is 0.526. The molecule has 3 heteroatoms. The number of carbonyl (C=O) groups is 1. The van der Waals surface area contributed by atoms with E-state index in [-0.39, 0.29) is 0 Å². The topological polar surface area (TPSA) is 32.3 Å². The Hall–Kier alpha value is -0.570. The van der Waals surface area contributed by atoms with Crippen molar-refractivity contribution in [3.63, 3.8) is 0 Å². The standard InChI is InChI=1S/C16H30N2O/c1-13(2)6-7-15-5-3-4-12-18(15)16(19)14-8-10-17-11-9-14/h13-15,17H,3-12H2,1-2H3. The molecule has 2 rings (SSSR count). The zero-order valence-corrected chi connectivity index (χ0v) is 12.7. The van der Waals surface area contributed by atoms with Crippen LogP contribution in [0.5, 0.6) is 0 Å². The second kappa shape index (κ2) is 7.28. The molecule has 0 aromatic heterocycles. The highest BCUT2D eigenvalue weighted by Crippen LogP contribution is 2.26. The molecule has 2 heterocycles. The van der Waals surface area contributed by atoms with Crippen molar-refractivity contribution in [2.75, 3.05) is 19.6 Å². The maximum Gasteiger partial charge on any atom is 0.226 e. The predicted molar refractivity (Wildman–Crippen MR) is 79.0 cm³/mol. The Morgan fingerprint density at radius 2 is 1.95 bits per heavy atom. The molecule has 1 amide bonds. The Bertz CT molecular complexity index is 284. The second-order valence-corrected chi connectivity index (χ2v) is 6.68. The Labute approximate surface area is 118 Å². The van der Waals surface area contributed by atoms with Crippen LogP contribution >= 0.6 is 0 Å². The van der Waals surface area contributed by atoms with E-state index >= 15 is 0 Å². The van der Waals surface area contributed by atoms with Gasteiger partial charge >= 0.3 is 0 Å². The number of hydrogen-bond donors (Lipinski definition) is 1. The highest BCUT2D eigenvalue weighted by Gasteiger charge is 2.31. The first-order valence-corrected chi connectivity index (χ1v) is 8.19. The number of rotatable bonds is 4. The third-order valence-corrected chi connectivity index (χ3v) is 4.68. The molecule has 0 bridgehead atoms. The van der Waals surface area contributed by atoms with Crippen LogP contribution in [0, 0.1) is 11.8 Å². The quantitative estimate of drug-likeness (QED) is 0.848. The minimum Gasteiger partial charge on any atom is -0.339 e. The Morgan fingerprint density at radius 1 is 1.21 bits per heavy atom. The van der Waals surface area contributed by atoms with Crippen LogP contribution in [0.2, 0.25) is 0 Å². The highest BCUT2D eigenvalue weighted by molar-refractivity contribution is 5.79. The van der Waals surface area contributed by atoms with Crippen molar-refractivity contribution in [2.45, 2.75) is 64.8 Å². The summed E-state index contributed by atoms with van der Waals surface area (Å²) in [5, 5.41) is 3.35. The van der Waals surface area contributed by atoms with Crippen LogP contribution in [-0.4, -0.2) is 36.5 Å². The number of nitrogens with one attached hydrogen (secondary N) is 1. The third kappa shape index (κ3) is 4.20. The average molecular weight is 266 g/mol. The summed E-state index contributed by atoms with van der Waals surface area (Å²) < 4.78 is 0. The van der Waals surface area contributed by atoms with Crippen molar-refractivity contribution >= 4 is 5.91 Å². The number of carbonyl (C=O) groups excluding carboxylic acids is 1. The van der Waals surface area contributed by atoms with Gasteiger partial charge in [-0.1, -0.05) is 13.8 Å². The second-order valence-electron chi connectivity index (χ2n) is 6.68. The normalized spacial score (nSPS) is 25.8. The number of nitrogens with zero attached hydrogens (tertiary/aromatic N) is 1. The molecule has 2 aliphatic heterocycles. The van der Waals surface area contributed by atoms with E-state index < -0.39 is 0 Å². The Kier molecular flexibility index (Phi) is 5.68. The lowest BCUT2D eigenvalue weighted by Gasteiger charge is -2.39. The van der Waals surface area contributed by atoms with E-state index in [0.717, 1.165) is 38.4 Å². The monoisotopic (exact) mass is 266 g/mol. The first-order chi connectivity index (χ1) is 9.18. The van der Waals surface area contributed by atoms with Gasteiger partial charge in [0.25, 0.3) is 0 Å². The number of likely N-dealkylation sites (tertiary alicyclic amines) is 1. The van der Waals surface area contributed by atoms with E-state index in [4.69, 9.17) is 0 Å². The molecule has 1 N–H and O–H groups in total. The maximum atomic E-state index is 12.7. The minimum atomic E-state index is 0.292. The van der Waals surface area contributed by atoms with E-state index in [1.807, 2.05) is 0 Å². The van der Waals surface area contributed by atoms with Gasteiger partial charge in [0, 0.05) is 18.5 Å². The van der Waals surface area contributed by atoms with Gasteiger partial charge in [0.15, 0.2) is 0 Å². The minimum absolute atomic E-state index is 0.292. The van der Waals surface area contributed by atoms with Crippen molar-refractivity contribution in [3.05, 3.63) is 0 Å². The molecule has 1 atom stereocenters. The lowest BCUT2D eigenvalue weighted by atomic mass is 9.91. The fraction of sp³-hybridized carbons (Fsp3) is 0.938. The van der Waals surface area contributed by atoms with Crippen molar-refractivity contribution in [3.8, 4) is 0 Å². The highest BCUT2D eigenvalue weighted by atomic mass is 16.2. The smallest absolute Gasteiger partial charge is 0.226 e. The molecule has 2 aliphatic rings. The summed E-state index contributed by atoms with van der Waals surface area (Å²) in [7, 11) is 0. The van der Waals surface area contributed by atoms with Gasteiger partial charge in [-0.25, -0.2) is 0 Å². The van der Waals surface area contributed by atoms with E-state index in [1.54, 1.807) is 0 Å². The van der Waals surface area contributed by atoms with Crippen LogP contribution in [-0.2, 0) is 4.79 Å². The van der Waals surface area contributed by atoms with Crippen molar-refractivity contribution in [2.24, 2.45) is 11.8 Å². The molecular weight excluding hydrogens is 236 g/mol. The molecule has 2 fully saturated rings. The maximum absolute atomic E-state index is 12.7. The van der Waals surface area contributed by atoms with Gasteiger partial charge in [0.1, 0.15) is 0 Å². The largest absolute Gasteiger partial charge is 0.339 e. The van der Waals surface area contributed by atoms with Crippen LogP contribution in [0.4, 0.5) is 0 Å². The fourth-order valence-corrected chi connectivity index (χ4v) is 3.42. The molecule has 0 spiro atoms. The zero-order chi connectivity index (χ0) is 13.7. The fourth-order valence-electron chi connectivity index (χ4n) is 3.42. The molecule has 2 saturated heterocycles. The first-order valence-electron chi connectivity index (χ1n) is 8.19. The van der Waals surface area contributed by atoms with Gasteiger partial charge in [-0.3, -0.25) is 4.79 Å². The molecule has 0 aromatic carbocycles. The lowest BCUT2D eigenvalue weighted by molar-refractivity contribution is -0.140. The van der Waals surface area contributed by atoms with Crippen LogP contribution in [0.15, 0.2) is 0 Å². The van der Waals surface area contributed by atoms with Gasteiger partial charge in [0.2, 0.25) is 5.91 Å². The van der Waals surface area contributed by atoms with Gasteiger partial charge < -0.3 is 10.2 Å². The summed E-state index contributed by atoms with van der Waals surface area (Å²) >= 11 is 0. The summed E-state index contributed by atoms with van der Waals surface area (Å²) in [6.45, 7) is 7.59. The Morgan fingerprint density at radius 3 is 2.63 bits per heavy atom. The SMILES string of the molecule is CC(C)CCC1CCCCN1C(=O)C1CCNCC1. The predicted octanol–water partition coefficient (Wildman–Crippen LogP) is 2.80. The molecule has 0 radical (unpaired) electrons. The first kappa shape index (κ1) is 14.8. The summed E-state index contributed by atoms with van der Waals surface area (Å²) in [6.07, 6.45) is 8.25. The van der Waals surface area contributed by atoms with Crippen LogP contribution in [0.25, 0.3) is 0 Å². The van der Waals surface area contributed by atoms with Crippen molar-refractivity contribution < 1.29 is 4.79 Å². The molecule has 0 aliphatic carbocycles. The van der Waals surface area contributed by atoms with E-state index in [2.05, 4.69) is 24.1 Å². The van der Waals surface area contributed by atoms with E-state index in [1.165, 1.54) is 32.1 Å². The number of hydrogen-bond acceptors (Lipinski definition) is 2. The molecule has 110 valence electrons. The van der Waals surface area contributed by atoms with Gasteiger partial charge in [-0.2, -0.15) is 0 Å².